The van der Waals surface area contributed by atoms with Gasteiger partial charge in [-0.3, -0.25) is 14.5 Å². The molecule has 1 aliphatic heterocycles. The molecule has 6 rings (SSSR count). The molecule has 0 aliphatic carbocycles. The zero-order chi connectivity index (χ0) is 36.5. The molecule has 9 nitrogen and oxygen atoms in total. The summed E-state index contributed by atoms with van der Waals surface area (Å²) in [6.45, 7) is 2.91. The highest BCUT2D eigenvalue weighted by molar-refractivity contribution is 5.94. The molecule has 0 radical (unpaired) electrons. The van der Waals surface area contributed by atoms with Gasteiger partial charge in [0.25, 0.3) is 0 Å². The molecular formula is C43H48N4O5. The van der Waals surface area contributed by atoms with Crippen LogP contribution < -0.4 is 16.4 Å². The molecule has 2 amide bonds. The summed E-state index contributed by atoms with van der Waals surface area (Å²) in [5, 5.41) is 17.8. The lowest BCUT2D eigenvalue weighted by Crippen LogP contribution is -2.38. The van der Waals surface area contributed by atoms with E-state index in [1.165, 1.54) is 16.3 Å². The van der Waals surface area contributed by atoms with Gasteiger partial charge in [-0.15, -0.1) is 0 Å². The lowest BCUT2D eigenvalue weighted by Gasteiger charge is -2.39. The number of rotatable bonds is 14. The number of carbonyl (C=O) groups excluding carboxylic acids is 2. The smallest absolute Gasteiger partial charge is 0.224 e. The fraction of sp³-hybridized carbons (Fsp3) is 0.302. The van der Waals surface area contributed by atoms with E-state index in [0.717, 1.165) is 16.7 Å². The first kappa shape index (κ1) is 36.7. The first-order valence-electron chi connectivity index (χ1n) is 18.0. The monoisotopic (exact) mass is 700 g/mol. The van der Waals surface area contributed by atoms with Crippen molar-refractivity contribution in [3.63, 3.8) is 0 Å². The Morgan fingerprint density at radius 1 is 0.808 bits per heavy atom. The summed E-state index contributed by atoms with van der Waals surface area (Å²) in [5.41, 5.74) is 11.7. The number of nitrogens with zero attached hydrogens (tertiary/aromatic N) is 1. The Morgan fingerprint density at radius 2 is 1.46 bits per heavy atom. The Hall–Kier alpha value is -5.06. The van der Waals surface area contributed by atoms with Crippen LogP contribution in [0.4, 0.5) is 17.1 Å². The fourth-order valence-electron chi connectivity index (χ4n) is 6.58. The standard InChI is InChI=1S/C43H48N4O5/c1-29(34-20-19-31-9-3-4-10-35(31)25-34)47(2)27-37-26-40(32-17-15-30(28-48)16-18-32)52-43(51-37)33-21-23-36(24-22-33)45-41(49)13-7-8-14-42(50)46-39-12-6-5-11-38(39)44/h3-6,9-12,15-25,29,37,40,43,48H,7-8,13-14,26-28,44H2,1-2H3,(H,45,49)(H,46,50)/t29-,37-,40+,43+/m1/s1. The number of aliphatic hydroxyl groups excluding tert-OH is 1. The lowest BCUT2D eigenvalue weighted by molar-refractivity contribution is -0.253. The molecule has 9 heteroatoms. The van der Waals surface area contributed by atoms with Crippen LogP contribution in [0.25, 0.3) is 10.8 Å². The molecule has 4 atom stereocenters. The van der Waals surface area contributed by atoms with Crippen LogP contribution in [-0.2, 0) is 25.7 Å². The number of unbranched alkanes of at least 4 members (excludes halogenated alkanes) is 1. The lowest BCUT2D eigenvalue weighted by atomic mass is 9.98. The van der Waals surface area contributed by atoms with E-state index < -0.39 is 6.29 Å². The number of nitrogens with one attached hydrogen (secondary N) is 2. The summed E-state index contributed by atoms with van der Waals surface area (Å²) in [4.78, 5) is 27.3. The summed E-state index contributed by atoms with van der Waals surface area (Å²) >= 11 is 0. The van der Waals surface area contributed by atoms with Crippen molar-refractivity contribution in [2.75, 3.05) is 30.0 Å². The van der Waals surface area contributed by atoms with Crippen LogP contribution in [0.15, 0.2) is 115 Å². The van der Waals surface area contributed by atoms with Crippen molar-refractivity contribution in [1.29, 1.82) is 0 Å². The van der Waals surface area contributed by atoms with Gasteiger partial charge >= 0.3 is 0 Å². The van der Waals surface area contributed by atoms with Crippen molar-refractivity contribution in [2.24, 2.45) is 0 Å². The van der Waals surface area contributed by atoms with Crippen LogP contribution in [-0.4, -0.2) is 41.5 Å². The second kappa shape index (κ2) is 17.4. The number of nitrogens with two attached hydrogens (primary N) is 1. The van der Waals surface area contributed by atoms with E-state index in [0.29, 0.717) is 55.7 Å². The largest absolute Gasteiger partial charge is 0.397 e. The van der Waals surface area contributed by atoms with Crippen LogP contribution in [0.2, 0.25) is 0 Å². The topological polar surface area (TPSA) is 126 Å². The highest BCUT2D eigenvalue weighted by Gasteiger charge is 2.33. The van der Waals surface area contributed by atoms with Crippen molar-refractivity contribution in [2.45, 2.75) is 70.2 Å². The third kappa shape index (κ3) is 9.63. The number of ether oxygens (including phenoxy) is 2. The van der Waals surface area contributed by atoms with Crippen LogP contribution in [0.1, 0.15) is 79.7 Å². The molecule has 5 N–H and O–H groups in total. The molecule has 0 aromatic heterocycles. The maximum Gasteiger partial charge on any atom is 0.224 e. The maximum absolute atomic E-state index is 12.7. The van der Waals surface area contributed by atoms with Crippen LogP contribution in [0, 0.1) is 0 Å². The first-order chi connectivity index (χ1) is 25.2. The van der Waals surface area contributed by atoms with Crippen molar-refractivity contribution < 1.29 is 24.2 Å². The number of fused-ring (bicyclic) bond motifs is 1. The first-order valence-corrected chi connectivity index (χ1v) is 18.0. The molecule has 0 bridgehead atoms. The van der Waals surface area contributed by atoms with E-state index >= 15 is 0 Å². The second-order valence-electron chi connectivity index (χ2n) is 13.6. The third-order valence-electron chi connectivity index (χ3n) is 9.78. The van der Waals surface area contributed by atoms with Gasteiger partial charge in [0, 0.05) is 43.1 Å². The molecule has 1 saturated heterocycles. The van der Waals surface area contributed by atoms with Gasteiger partial charge in [0.1, 0.15) is 0 Å². The van der Waals surface area contributed by atoms with E-state index in [4.69, 9.17) is 15.2 Å². The molecule has 0 spiro atoms. The van der Waals surface area contributed by atoms with Gasteiger partial charge in [-0.1, -0.05) is 84.9 Å². The van der Waals surface area contributed by atoms with E-state index in [-0.39, 0.29) is 36.7 Å². The number of nitrogen functional groups attached to an aromatic ring is 1. The Kier molecular flexibility index (Phi) is 12.3. The maximum atomic E-state index is 12.7. The number of anilines is 3. The minimum Gasteiger partial charge on any atom is -0.397 e. The minimum atomic E-state index is -0.604. The third-order valence-corrected chi connectivity index (χ3v) is 9.78. The Labute approximate surface area is 305 Å². The number of amides is 2. The fourth-order valence-corrected chi connectivity index (χ4v) is 6.58. The quantitative estimate of drug-likeness (QED) is 0.0679. The molecule has 1 heterocycles. The van der Waals surface area contributed by atoms with Crippen LogP contribution >= 0.6 is 0 Å². The zero-order valence-electron chi connectivity index (χ0n) is 29.8. The van der Waals surface area contributed by atoms with Crippen molar-refractivity contribution in [3.8, 4) is 0 Å². The number of hydrogen-bond donors (Lipinski definition) is 4. The van der Waals surface area contributed by atoms with Crippen molar-refractivity contribution in [1.82, 2.24) is 4.90 Å². The summed E-state index contributed by atoms with van der Waals surface area (Å²) in [7, 11) is 2.13. The minimum absolute atomic E-state index is 0.0116. The predicted octanol–water partition coefficient (Wildman–Crippen LogP) is 8.29. The Bertz CT molecular complexity index is 1950. The molecule has 52 heavy (non-hydrogen) atoms. The molecule has 5 aromatic rings. The van der Waals surface area contributed by atoms with Crippen LogP contribution in [0.3, 0.4) is 0 Å². The number of hydrogen-bond acceptors (Lipinski definition) is 7. The molecule has 0 unspecified atom stereocenters. The van der Waals surface area contributed by atoms with E-state index in [2.05, 4.69) is 72.0 Å². The van der Waals surface area contributed by atoms with E-state index in [1.807, 2.05) is 60.7 Å². The van der Waals surface area contributed by atoms with Crippen LogP contribution in [0.5, 0.6) is 0 Å². The highest BCUT2D eigenvalue weighted by atomic mass is 16.7. The number of carbonyl (C=O) groups is 2. The van der Waals surface area contributed by atoms with Gasteiger partial charge in [0.15, 0.2) is 6.29 Å². The van der Waals surface area contributed by atoms with Gasteiger partial charge in [-0.25, -0.2) is 0 Å². The molecule has 0 saturated carbocycles. The molecular weight excluding hydrogens is 652 g/mol. The van der Waals surface area contributed by atoms with E-state index in [1.54, 1.807) is 12.1 Å². The Balaban J connectivity index is 1.05. The normalized spacial score (nSPS) is 17.9. The number of aliphatic hydroxyl groups is 1. The average molecular weight is 701 g/mol. The van der Waals surface area contributed by atoms with Gasteiger partial charge in [-0.2, -0.15) is 0 Å². The second-order valence-corrected chi connectivity index (χ2v) is 13.6. The van der Waals surface area contributed by atoms with Gasteiger partial charge < -0.3 is 30.9 Å². The van der Waals surface area contributed by atoms with Gasteiger partial charge in [0.2, 0.25) is 11.8 Å². The zero-order valence-corrected chi connectivity index (χ0v) is 29.8. The highest BCUT2D eigenvalue weighted by Crippen LogP contribution is 2.39. The molecule has 1 fully saturated rings. The molecule has 5 aromatic carbocycles. The van der Waals surface area contributed by atoms with Gasteiger partial charge in [0.05, 0.1) is 30.2 Å². The van der Waals surface area contributed by atoms with Crippen molar-refractivity contribution in [3.05, 3.63) is 138 Å². The van der Waals surface area contributed by atoms with Gasteiger partial charge in [-0.05, 0) is 84.6 Å². The number of likely N-dealkylation sites (N-methyl/N-ethyl adjacent to an activating group) is 1. The summed E-state index contributed by atoms with van der Waals surface area (Å²) in [6, 6.07) is 37.8. The Morgan fingerprint density at radius 3 is 2.17 bits per heavy atom. The SMILES string of the molecule is C[C@H](c1ccc2ccccc2c1)N(C)C[C@H]1C[C@@H](c2ccc(CO)cc2)O[C@@H](c2ccc(NC(=O)CCCCC(=O)Nc3ccccc3N)cc2)O1. The number of para-hydroxylation sites is 2. The number of benzene rings is 5. The summed E-state index contributed by atoms with van der Waals surface area (Å²) < 4.78 is 13.2. The van der Waals surface area contributed by atoms with E-state index in [9.17, 15) is 14.7 Å². The average Bonchev–Trinajstić information content (AvgIpc) is 3.17. The molecule has 270 valence electrons. The summed E-state index contributed by atoms with van der Waals surface area (Å²) in [5.74, 6) is -0.237. The predicted molar refractivity (Wildman–Crippen MR) is 206 cm³/mol. The van der Waals surface area contributed by atoms with Crippen molar-refractivity contribution >= 4 is 39.6 Å². The summed E-state index contributed by atoms with van der Waals surface area (Å²) in [6.07, 6.45) is 1.55. The molecule has 1 aliphatic rings.